The minimum atomic E-state index is -4.80. The van der Waals surface area contributed by atoms with Crippen molar-refractivity contribution in [2.75, 3.05) is 17.7 Å². The van der Waals surface area contributed by atoms with Gasteiger partial charge in [-0.25, -0.2) is 18.2 Å². The molecular weight excluding hydrogens is 628 g/mol. The first-order valence-electron chi connectivity index (χ1n) is 13.6. The van der Waals surface area contributed by atoms with Crippen molar-refractivity contribution in [3.63, 3.8) is 0 Å². The van der Waals surface area contributed by atoms with Crippen LogP contribution in [0.15, 0.2) is 64.6 Å². The smallest absolute Gasteiger partial charge is 0.410 e. The van der Waals surface area contributed by atoms with E-state index in [2.05, 4.69) is 25.9 Å². The number of aliphatic imine (C=N–C) groups is 2. The number of methoxy groups -OCH3 is 1. The number of amides is 1. The number of halogens is 7. The molecule has 0 fully saturated rings. The lowest BCUT2D eigenvalue weighted by Gasteiger charge is -2.24. The Labute approximate surface area is 260 Å². The third-order valence-electron chi connectivity index (χ3n) is 6.08. The first-order valence-corrected chi connectivity index (χ1v) is 14.0. The molecule has 1 amide bonds. The molecule has 3 aromatic carbocycles. The molecule has 0 saturated carbocycles. The van der Waals surface area contributed by atoms with Gasteiger partial charge in [0.15, 0.2) is 11.6 Å². The number of aromatic hydroxyl groups is 1. The van der Waals surface area contributed by atoms with Gasteiger partial charge in [-0.1, -0.05) is 24.9 Å². The molecule has 0 saturated heterocycles. The molecule has 45 heavy (non-hydrogen) atoms. The predicted molar refractivity (Wildman–Crippen MR) is 161 cm³/mol. The zero-order valence-corrected chi connectivity index (χ0v) is 24.8. The third-order valence-corrected chi connectivity index (χ3v) is 6.30. The van der Waals surface area contributed by atoms with Gasteiger partial charge in [-0.05, 0) is 55.5 Å². The van der Waals surface area contributed by atoms with E-state index in [1.807, 2.05) is 6.92 Å². The molecule has 0 bridgehead atoms. The topological polar surface area (TPSA) is 107 Å². The van der Waals surface area contributed by atoms with E-state index in [1.165, 1.54) is 37.6 Å². The van der Waals surface area contributed by atoms with Crippen molar-refractivity contribution >= 4 is 41.1 Å². The molecule has 0 aromatic heterocycles. The minimum Gasteiger partial charge on any atom is -0.508 e. The Bertz CT molecular complexity index is 1520. The van der Waals surface area contributed by atoms with Crippen molar-refractivity contribution in [3.8, 4) is 11.5 Å². The lowest BCUT2D eigenvalue weighted by atomic mass is 10.1. The lowest BCUT2D eigenvalue weighted by molar-refractivity contribution is -0.148. The first kappa shape index (κ1) is 35.0. The summed E-state index contributed by atoms with van der Waals surface area (Å²) in [5, 5.41) is 17.7. The molecule has 4 N–H and O–H groups in total. The standard InChI is InChI=1S/C30H30ClF6N5O3/c1-3-4-5-8-38-26(30(35,36)37)16-27(39-21-13-22(43)15-23(14-21)45-2)41-29(40-20-11-18(31)10-19(32)12-20)42-28(44)17-6-7-24(33)25(34)9-17/h6-15,26-27,39,43H,3-5,16H2,1-2H3,(H2,40,41,42,44). The van der Waals surface area contributed by atoms with Crippen LogP contribution >= 0.6 is 11.6 Å². The fraction of sp³-hybridized carbons (Fsp3) is 0.300. The van der Waals surface area contributed by atoms with Crippen LogP contribution in [0, 0.1) is 17.5 Å². The zero-order valence-electron chi connectivity index (χ0n) is 24.1. The van der Waals surface area contributed by atoms with Crippen LogP contribution in [0.3, 0.4) is 0 Å². The Morgan fingerprint density at radius 3 is 2.44 bits per heavy atom. The maximum atomic E-state index is 14.1. The van der Waals surface area contributed by atoms with Gasteiger partial charge in [0, 0.05) is 46.6 Å². The number of phenols is 1. The number of ether oxygens (including phenoxy) is 1. The molecule has 8 nitrogen and oxygen atoms in total. The molecule has 0 aliphatic heterocycles. The fourth-order valence-electron chi connectivity index (χ4n) is 3.94. The number of nitrogens with one attached hydrogen (secondary N) is 3. The molecular formula is C30H30ClF6N5O3. The minimum absolute atomic E-state index is 0.0490. The van der Waals surface area contributed by atoms with Crippen molar-refractivity contribution in [1.82, 2.24) is 5.32 Å². The Balaban J connectivity index is 2.09. The van der Waals surface area contributed by atoms with Gasteiger partial charge < -0.3 is 20.5 Å². The van der Waals surface area contributed by atoms with E-state index in [0.717, 1.165) is 24.6 Å². The summed E-state index contributed by atoms with van der Waals surface area (Å²) >= 11 is 5.94. The number of nitrogens with zero attached hydrogens (tertiary/aromatic N) is 2. The summed E-state index contributed by atoms with van der Waals surface area (Å²) < 4.78 is 88.9. The van der Waals surface area contributed by atoms with E-state index in [4.69, 9.17) is 16.3 Å². The Morgan fingerprint density at radius 1 is 1.04 bits per heavy atom. The van der Waals surface area contributed by atoms with Crippen LogP contribution in [-0.2, 0) is 0 Å². The molecule has 0 aliphatic carbocycles. The largest absolute Gasteiger partial charge is 0.508 e. The molecule has 3 rings (SSSR count). The van der Waals surface area contributed by atoms with E-state index in [9.17, 15) is 36.2 Å². The number of guanidine groups is 1. The highest BCUT2D eigenvalue weighted by molar-refractivity contribution is 6.31. The number of alkyl halides is 3. The van der Waals surface area contributed by atoms with E-state index in [-0.39, 0.29) is 33.5 Å². The quantitative estimate of drug-likeness (QED) is 0.0692. The molecule has 2 atom stereocenters. The van der Waals surface area contributed by atoms with Gasteiger partial charge in [0.05, 0.1) is 7.11 Å². The molecule has 0 heterocycles. The predicted octanol–water partition coefficient (Wildman–Crippen LogP) is 7.69. The van der Waals surface area contributed by atoms with Crippen LogP contribution in [0.5, 0.6) is 11.5 Å². The van der Waals surface area contributed by atoms with Gasteiger partial charge in [0.2, 0.25) is 5.96 Å². The zero-order chi connectivity index (χ0) is 33.1. The molecule has 0 spiro atoms. The molecule has 3 aromatic rings. The van der Waals surface area contributed by atoms with Crippen LogP contribution < -0.4 is 20.7 Å². The summed E-state index contributed by atoms with van der Waals surface area (Å²) in [4.78, 5) is 21.0. The molecule has 0 aliphatic rings. The van der Waals surface area contributed by atoms with Gasteiger partial charge in [0.25, 0.3) is 5.91 Å². The van der Waals surface area contributed by atoms with Crippen LogP contribution in [-0.4, -0.2) is 48.7 Å². The average Bonchev–Trinajstić information content (AvgIpc) is 2.94. The highest BCUT2D eigenvalue weighted by atomic mass is 35.5. The van der Waals surface area contributed by atoms with E-state index in [0.29, 0.717) is 25.0 Å². The van der Waals surface area contributed by atoms with E-state index < -0.39 is 54.1 Å². The van der Waals surface area contributed by atoms with Crippen LogP contribution in [0.25, 0.3) is 0 Å². The van der Waals surface area contributed by atoms with Gasteiger partial charge >= 0.3 is 6.18 Å². The van der Waals surface area contributed by atoms with Gasteiger partial charge in [-0.3, -0.25) is 15.1 Å². The summed E-state index contributed by atoms with van der Waals surface area (Å²) in [6.07, 6.45) is -4.26. The number of unbranched alkanes of at least 4 members (excludes halogenated alkanes) is 2. The summed E-state index contributed by atoms with van der Waals surface area (Å²) in [7, 11) is 1.32. The van der Waals surface area contributed by atoms with Crippen molar-refractivity contribution in [2.45, 2.75) is 51.0 Å². The Kier molecular flexibility index (Phi) is 12.5. The van der Waals surface area contributed by atoms with Gasteiger partial charge in [-0.15, -0.1) is 0 Å². The molecule has 15 heteroatoms. The Morgan fingerprint density at radius 2 is 1.80 bits per heavy atom. The van der Waals surface area contributed by atoms with Crippen LogP contribution in [0.2, 0.25) is 5.02 Å². The summed E-state index contributed by atoms with van der Waals surface area (Å²) in [5.74, 6) is -4.95. The average molecular weight is 658 g/mol. The summed E-state index contributed by atoms with van der Waals surface area (Å²) in [5.41, 5.74) is -0.305. The summed E-state index contributed by atoms with van der Waals surface area (Å²) in [6, 6.07) is 7.13. The summed E-state index contributed by atoms with van der Waals surface area (Å²) in [6.45, 7) is 1.88. The number of carbonyl (C=O) groups is 1. The van der Waals surface area contributed by atoms with Gasteiger partial charge in [0.1, 0.15) is 29.5 Å². The first-order chi connectivity index (χ1) is 21.3. The van der Waals surface area contributed by atoms with Crippen molar-refractivity contribution in [2.24, 2.45) is 9.98 Å². The van der Waals surface area contributed by atoms with E-state index in [1.54, 1.807) is 0 Å². The van der Waals surface area contributed by atoms with E-state index >= 15 is 0 Å². The lowest BCUT2D eigenvalue weighted by Crippen LogP contribution is -2.40. The highest BCUT2D eigenvalue weighted by Gasteiger charge is 2.41. The molecule has 0 radical (unpaired) electrons. The van der Waals surface area contributed by atoms with Crippen molar-refractivity contribution in [1.29, 1.82) is 0 Å². The van der Waals surface area contributed by atoms with Crippen LogP contribution in [0.4, 0.5) is 37.7 Å². The van der Waals surface area contributed by atoms with Gasteiger partial charge in [-0.2, -0.15) is 13.2 Å². The number of carbonyl (C=O) groups excluding carboxylic acids is 1. The second-order valence-electron chi connectivity index (χ2n) is 9.69. The maximum Gasteiger partial charge on any atom is 0.410 e. The fourth-order valence-corrected chi connectivity index (χ4v) is 4.16. The number of hydrogen-bond donors (Lipinski definition) is 4. The third kappa shape index (κ3) is 11.2. The molecule has 2 unspecified atom stereocenters. The second kappa shape index (κ2) is 16.0. The number of hydrogen-bond acceptors (Lipinski definition) is 6. The number of anilines is 2. The number of rotatable bonds is 12. The van der Waals surface area contributed by atoms with Crippen LogP contribution in [0.1, 0.15) is 43.0 Å². The second-order valence-corrected chi connectivity index (χ2v) is 10.1. The normalized spacial score (nSPS) is 13.4. The Hall–Kier alpha value is -4.46. The highest BCUT2D eigenvalue weighted by Crippen LogP contribution is 2.30. The maximum absolute atomic E-state index is 14.1. The monoisotopic (exact) mass is 657 g/mol. The molecule has 242 valence electrons. The SMILES string of the molecule is CCCCC=NC(CC(N=C(NC(=O)c1ccc(F)c(F)c1)Nc1cc(F)cc(Cl)c1)Nc1cc(O)cc(OC)c1)C(F)(F)F. The van der Waals surface area contributed by atoms with Crippen molar-refractivity contribution in [3.05, 3.63) is 82.6 Å². The number of phenolic OH excluding ortho intramolecular Hbond substituents is 1. The van der Waals surface area contributed by atoms with Crippen molar-refractivity contribution < 1.29 is 41.0 Å². The number of benzene rings is 3.